The Kier molecular flexibility index (Phi) is 7.92. The van der Waals surface area contributed by atoms with Crippen LogP contribution in [-0.2, 0) is 14.6 Å². The van der Waals surface area contributed by atoms with Crippen LogP contribution in [0.15, 0.2) is 41.3 Å². The van der Waals surface area contributed by atoms with Crippen molar-refractivity contribution in [3.63, 3.8) is 0 Å². The van der Waals surface area contributed by atoms with Crippen molar-refractivity contribution in [2.24, 2.45) is 5.92 Å². The van der Waals surface area contributed by atoms with Gasteiger partial charge in [0.1, 0.15) is 11.1 Å². The van der Waals surface area contributed by atoms with E-state index in [-0.39, 0.29) is 9.92 Å². The third-order valence-electron chi connectivity index (χ3n) is 5.59. The van der Waals surface area contributed by atoms with E-state index >= 15 is 0 Å². The maximum absolute atomic E-state index is 14.7. The van der Waals surface area contributed by atoms with Crippen LogP contribution in [0, 0.1) is 23.4 Å². The van der Waals surface area contributed by atoms with E-state index in [1.54, 1.807) is 0 Å². The Morgan fingerprint density at radius 3 is 2.21 bits per heavy atom. The molecule has 1 aliphatic heterocycles. The number of piperazine rings is 1. The molecule has 33 heavy (non-hydrogen) atoms. The lowest BCUT2D eigenvalue weighted by Gasteiger charge is -2.32. The van der Waals surface area contributed by atoms with Gasteiger partial charge in [-0.25, -0.2) is 26.4 Å². The molecule has 0 aromatic heterocycles. The van der Waals surface area contributed by atoms with E-state index in [4.69, 9.17) is 16.3 Å². The molecule has 11 heteroatoms. The molecule has 2 aromatic carbocycles. The number of amides is 1. The number of hydrogen-bond donors (Lipinski definition) is 0. The minimum absolute atomic E-state index is 0.253. The van der Waals surface area contributed by atoms with Crippen LogP contribution in [0.4, 0.5) is 18.0 Å². The molecule has 0 N–H and O–H groups in total. The number of nitrogens with zero attached hydrogens (tertiary/aromatic N) is 2. The Hall–Kier alpha value is -2.30. The van der Waals surface area contributed by atoms with E-state index in [9.17, 15) is 26.4 Å². The minimum atomic E-state index is -4.43. The van der Waals surface area contributed by atoms with E-state index in [1.807, 2.05) is 11.9 Å². The van der Waals surface area contributed by atoms with Crippen LogP contribution in [0.3, 0.4) is 0 Å². The molecule has 0 spiro atoms. The fraction of sp³-hybridized carbons (Fsp3) is 0.409. The normalized spacial score (nSPS) is 17.0. The highest BCUT2D eigenvalue weighted by Crippen LogP contribution is 2.39. The SMILES string of the molecule is CC(COC(=O)N1CCN(C)CC1)C(c1c(F)ccc(F)c1F)S(=O)(=O)c1ccc(Cl)cc1. The molecule has 2 atom stereocenters. The van der Waals surface area contributed by atoms with Crippen LogP contribution >= 0.6 is 11.6 Å². The molecule has 3 rings (SSSR count). The maximum atomic E-state index is 14.7. The Morgan fingerprint density at radius 1 is 1.03 bits per heavy atom. The molecule has 1 heterocycles. The molecule has 1 fully saturated rings. The van der Waals surface area contributed by atoms with Crippen LogP contribution in [0.2, 0.25) is 5.02 Å². The lowest BCUT2D eigenvalue weighted by atomic mass is 10.00. The number of ether oxygens (including phenoxy) is 1. The van der Waals surface area contributed by atoms with Crippen molar-refractivity contribution in [1.82, 2.24) is 9.80 Å². The zero-order chi connectivity index (χ0) is 24.3. The molecule has 6 nitrogen and oxygen atoms in total. The number of hydrogen-bond acceptors (Lipinski definition) is 5. The third kappa shape index (κ3) is 5.62. The first kappa shape index (κ1) is 25.3. The van der Waals surface area contributed by atoms with Gasteiger partial charge in [-0.3, -0.25) is 0 Å². The molecule has 1 aliphatic rings. The van der Waals surface area contributed by atoms with Crippen molar-refractivity contribution >= 4 is 27.5 Å². The van der Waals surface area contributed by atoms with Gasteiger partial charge >= 0.3 is 6.09 Å². The van der Waals surface area contributed by atoms with E-state index in [2.05, 4.69) is 0 Å². The Bertz CT molecular complexity index is 1110. The number of halogens is 4. The van der Waals surface area contributed by atoms with Gasteiger partial charge in [0.05, 0.1) is 11.5 Å². The van der Waals surface area contributed by atoms with Crippen molar-refractivity contribution in [3.05, 3.63) is 64.4 Å². The summed E-state index contributed by atoms with van der Waals surface area (Å²) in [5, 5.41) is -1.59. The van der Waals surface area contributed by atoms with Gasteiger partial charge in [-0.2, -0.15) is 0 Å². The first-order chi connectivity index (χ1) is 15.5. The summed E-state index contributed by atoms with van der Waals surface area (Å²) in [7, 11) is -2.51. The second kappa shape index (κ2) is 10.3. The molecule has 0 radical (unpaired) electrons. The zero-order valence-electron chi connectivity index (χ0n) is 18.1. The molecular formula is C22H24ClF3N2O4S. The second-order valence-electron chi connectivity index (χ2n) is 8.02. The largest absolute Gasteiger partial charge is 0.449 e. The van der Waals surface area contributed by atoms with Crippen molar-refractivity contribution in [2.75, 3.05) is 39.8 Å². The Labute approximate surface area is 195 Å². The van der Waals surface area contributed by atoms with Gasteiger partial charge in [-0.05, 0) is 43.4 Å². The first-order valence-corrected chi connectivity index (χ1v) is 12.2. The molecule has 1 saturated heterocycles. The summed E-state index contributed by atoms with van der Waals surface area (Å²) in [4.78, 5) is 15.7. The second-order valence-corrected chi connectivity index (χ2v) is 10.5. The van der Waals surface area contributed by atoms with Gasteiger partial charge in [0.25, 0.3) is 0 Å². The zero-order valence-corrected chi connectivity index (χ0v) is 19.7. The summed E-state index contributed by atoms with van der Waals surface area (Å²) in [6.45, 7) is 3.10. The van der Waals surface area contributed by atoms with Gasteiger partial charge in [0.2, 0.25) is 0 Å². The van der Waals surface area contributed by atoms with Gasteiger partial charge < -0.3 is 14.5 Å². The van der Waals surface area contributed by atoms with Crippen molar-refractivity contribution in [2.45, 2.75) is 17.1 Å². The van der Waals surface area contributed by atoms with Crippen molar-refractivity contribution < 1.29 is 31.1 Å². The van der Waals surface area contributed by atoms with Crippen LogP contribution < -0.4 is 0 Å². The molecule has 0 saturated carbocycles. The number of carbonyl (C=O) groups excluding carboxylic acids is 1. The monoisotopic (exact) mass is 504 g/mol. The number of sulfone groups is 1. The van der Waals surface area contributed by atoms with E-state index in [1.165, 1.54) is 36.1 Å². The van der Waals surface area contributed by atoms with E-state index < -0.39 is 56.7 Å². The minimum Gasteiger partial charge on any atom is -0.449 e. The quantitative estimate of drug-likeness (QED) is 0.549. The summed E-state index contributed by atoms with van der Waals surface area (Å²) in [6.07, 6.45) is -0.655. The number of likely N-dealkylation sites (N-methyl/N-ethyl adjacent to an activating group) is 1. The van der Waals surface area contributed by atoms with E-state index in [0.717, 1.165) is 0 Å². The highest BCUT2D eigenvalue weighted by molar-refractivity contribution is 7.91. The lowest BCUT2D eigenvalue weighted by molar-refractivity contribution is 0.0714. The smallest absolute Gasteiger partial charge is 0.409 e. The molecule has 0 bridgehead atoms. The predicted molar refractivity (Wildman–Crippen MR) is 117 cm³/mol. The number of carbonyl (C=O) groups is 1. The fourth-order valence-corrected chi connectivity index (χ4v) is 5.84. The van der Waals surface area contributed by atoms with Gasteiger partial charge in [-0.15, -0.1) is 0 Å². The van der Waals surface area contributed by atoms with Crippen LogP contribution in [0.5, 0.6) is 0 Å². The average molecular weight is 505 g/mol. The molecule has 180 valence electrons. The molecule has 2 aromatic rings. The molecular weight excluding hydrogens is 481 g/mol. The lowest BCUT2D eigenvalue weighted by Crippen LogP contribution is -2.47. The van der Waals surface area contributed by atoms with Gasteiger partial charge in [-0.1, -0.05) is 18.5 Å². The van der Waals surface area contributed by atoms with Crippen molar-refractivity contribution in [1.29, 1.82) is 0 Å². The average Bonchev–Trinajstić information content (AvgIpc) is 2.78. The van der Waals surface area contributed by atoms with Crippen LogP contribution in [0.25, 0.3) is 0 Å². The van der Waals surface area contributed by atoms with Crippen molar-refractivity contribution in [3.8, 4) is 0 Å². The summed E-state index contributed by atoms with van der Waals surface area (Å²) in [6, 6.07) is 6.29. The molecule has 0 aliphatic carbocycles. The van der Waals surface area contributed by atoms with Crippen LogP contribution in [-0.4, -0.2) is 64.1 Å². The summed E-state index contributed by atoms with van der Waals surface area (Å²) in [5.74, 6) is -5.30. The predicted octanol–water partition coefficient (Wildman–Crippen LogP) is 4.29. The first-order valence-electron chi connectivity index (χ1n) is 10.3. The topological polar surface area (TPSA) is 66.9 Å². The summed E-state index contributed by atoms with van der Waals surface area (Å²) < 4.78 is 75.5. The third-order valence-corrected chi connectivity index (χ3v) is 8.14. The molecule has 2 unspecified atom stereocenters. The highest BCUT2D eigenvalue weighted by atomic mass is 35.5. The fourth-order valence-electron chi connectivity index (χ4n) is 3.69. The van der Waals surface area contributed by atoms with Crippen LogP contribution in [0.1, 0.15) is 17.7 Å². The molecule has 1 amide bonds. The maximum Gasteiger partial charge on any atom is 0.409 e. The number of rotatable bonds is 6. The number of benzene rings is 2. The highest BCUT2D eigenvalue weighted by Gasteiger charge is 2.39. The van der Waals surface area contributed by atoms with Gasteiger partial charge in [0, 0.05) is 42.7 Å². The summed E-state index contributed by atoms with van der Waals surface area (Å²) >= 11 is 5.83. The standard InChI is InChI=1S/C22H24ClF3N2O4S/c1-14(13-32-22(29)28-11-9-27(2)10-12-28)21(19-17(24)7-8-18(25)20(19)26)33(30,31)16-5-3-15(23)4-6-16/h3-8,14,21H,9-13H2,1-2H3. The van der Waals surface area contributed by atoms with Gasteiger partial charge in [0.15, 0.2) is 21.5 Å². The van der Waals surface area contributed by atoms with E-state index in [0.29, 0.717) is 38.3 Å². The Balaban J connectivity index is 1.93. The Morgan fingerprint density at radius 2 is 1.61 bits per heavy atom. The summed E-state index contributed by atoms with van der Waals surface area (Å²) in [5.41, 5.74) is -0.937.